The van der Waals surface area contributed by atoms with E-state index in [0.29, 0.717) is 6.54 Å². The number of nitrogens with two attached hydrogens (primary N) is 1. The van der Waals surface area contributed by atoms with Crippen LogP contribution in [-0.4, -0.2) is 17.2 Å². The van der Waals surface area contributed by atoms with E-state index in [-0.39, 0.29) is 5.54 Å². The van der Waals surface area contributed by atoms with Crippen molar-refractivity contribution in [1.82, 2.24) is 0 Å². The summed E-state index contributed by atoms with van der Waals surface area (Å²) in [5.74, 6) is 0. The van der Waals surface area contributed by atoms with Crippen LogP contribution < -0.4 is 5.32 Å². The van der Waals surface area contributed by atoms with Gasteiger partial charge in [-0.1, -0.05) is 28.1 Å². The van der Waals surface area contributed by atoms with E-state index in [9.17, 15) is 5.11 Å². The number of benzene rings is 1. The first-order valence-electron chi connectivity index (χ1n) is 5.53. The lowest BCUT2D eigenvalue weighted by Gasteiger charge is -2.26. The van der Waals surface area contributed by atoms with Gasteiger partial charge in [-0.2, -0.15) is 0 Å². The lowest BCUT2D eigenvalue weighted by Crippen LogP contribution is -2.96. The zero-order valence-electron chi connectivity index (χ0n) is 10.4. The topological polar surface area (TPSA) is 36.8 Å². The third-order valence-corrected chi connectivity index (χ3v) is 3.11. The van der Waals surface area contributed by atoms with Crippen molar-refractivity contribution in [2.45, 2.75) is 38.8 Å². The van der Waals surface area contributed by atoms with Gasteiger partial charge >= 0.3 is 0 Å². The van der Waals surface area contributed by atoms with Gasteiger partial charge in [0.1, 0.15) is 12.1 Å². The first-order chi connectivity index (χ1) is 7.21. The van der Waals surface area contributed by atoms with Crippen molar-refractivity contribution in [2.24, 2.45) is 0 Å². The van der Waals surface area contributed by atoms with Gasteiger partial charge in [-0.15, -0.1) is 0 Å². The number of halogens is 1. The highest BCUT2D eigenvalue weighted by Gasteiger charge is 2.27. The quantitative estimate of drug-likeness (QED) is 0.877. The molecule has 90 valence electrons. The molecule has 0 fully saturated rings. The summed E-state index contributed by atoms with van der Waals surface area (Å²) in [6, 6.07) is 7.84. The highest BCUT2D eigenvalue weighted by Crippen LogP contribution is 2.21. The summed E-state index contributed by atoms with van der Waals surface area (Å²) in [4.78, 5) is 0. The first-order valence-corrected chi connectivity index (χ1v) is 6.33. The van der Waals surface area contributed by atoms with Crippen molar-refractivity contribution in [2.75, 3.05) is 6.54 Å². The van der Waals surface area contributed by atoms with Crippen LogP contribution in [0, 0.1) is 0 Å². The van der Waals surface area contributed by atoms with Crippen LogP contribution in [0.5, 0.6) is 0 Å². The molecule has 0 aliphatic heterocycles. The second-order valence-corrected chi connectivity index (χ2v) is 6.47. The Labute approximate surface area is 106 Å². The van der Waals surface area contributed by atoms with E-state index in [1.54, 1.807) is 0 Å². The molecule has 0 bridgehead atoms. The van der Waals surface area contributed by atoms with Crippen molar-refractivity contribution < 1.29 is 10.4 Å². The normalized spacial score (nSPS) is 15.9. The van der Waals surface area contributed by atoms with Crippen LogP contribution in [0.3, 0.4) is 0 Å². The summed E-state index contributed by atoms with van der Waals surface area (Å²) in [6.45, 7) is 8.95. The molecule has 0 heterocycles. The van der Waals surface area contributed by atoms with Gasteiger partial charge in [0.2, 0.25) is 0 Å². The molecule has 0 unspecified atom stereocenters. The molecule has 16 heavy (non-hydrogen) atoms. The number of hydrogen-bond acceptors (Lipinski definition) is 1. The molecular weight excluding hydrogens is 266 g/mol. The van der Waals surface area contributed by atoms with Crippen molar-refractivity contribution in [3.05, 3.63) is 34.3 Å². The molecule has 3 N–H and O–H groups in total. The molecule has 3 heteroatoms. The lowest BCUT2D eigenvalue weighted by molar-refractivity contribution is -0.727. The zero-order chi connectivity index (χ0) is 12.4. The van der Waals surface area contributed by atoms with E-state index in [2.05, 4.69) is 42.0 Å². The summed E-state index contributed by atoms with van der Waals surface area (Å²) < 4.78 is 1.03. The van der Waals surface area contributed by atoms with Crippen molar-refractivity contribution in [3.8, 4) is 0 Å². The fraction of sp³-hybridized carbons (Fsp3) is 0.538. The predicted molar refractivity (Wildman–Crippen MR) is 70.3 cm³/mol. The summed E-state index contributed by atoms with van der Waals surface area (Å²) in [7, 11) is 0. The van der Waals surface area contributed by atoms with E-state index in [0.717, 1.165) is 10.0 Å². The van der Waals surface area contributed by atoms with Crippen molar-refractivity contribution >= 4 is 15.9 Å². The number of aliphatic hydroxyl groups is 1. The second-order valence-electron chi connectivity index (χ2n) is 5.56. The Kier molecular flexibility index (Phi) is 4.16. The maximum absolute atomic E-state index is 10.4. The molecule has 0 aromatic heterocycles. The minimum absolute atomic E-state index is 0.138. The molecule has 0 amide bonds. The summed E-state index contributed by atoms with van der Waals surface area (Å²) in [5, 5.41) is 12.6. The highest BCUT2D eigenvalue weighted by molar-refractivity contribution is 9.10. The van der Waals surface area contributed by atoms with Crippen molar-refractivity contribution in [1.29, 1.82) is 0 Å². The van der Waals surface area contributed by atoms with Crippen molar-refractivity contribution in [3.63, 3.8) is 0 Å². The summed E-state index contributed by atoms with van der Waals surface area (Å²) >= 11 is 3.39. The van der Waals surface area contributed by atoms with Gasteiger partial charge in [0.05, 0.1) is 5.54 Å². The Balaban J connectivity index is 2.73. The second kappa shape index (κ2) is 4.86. The Morgan fingerprint density at radius 1 is 1.12 bits per heavy atom. The van der Waals surface area contributed by atoms with Gasteiger partial charge in [0, 0.05) is 4.47 Å². The zero-order valence-corrected chi connectivity index (χ0v) is 12.0. The van der Waals surface area contributed by atoms with E-state index < -0.39 is 5.60 Å². The summed E-state index contributed by atoms with van der Waals surface area (Å²) in [5.41, 5.74) is 0.309. The van der Waals surface area contributed by atoms with Gasteiger partial charge in [0.25, 0.3) is 0 Å². The van der Waals surface area contributed by atoms with Gasteiger partial charge in [0.15, 0.2) is 0 Å². The molecule has 1 aromatic rings. The molecule has 2 nitrogen and oxygen atoms in total. The van der Waals surface area contributed by atoms with Crippen LogP contribution >= 0.6 is 15.9 Å². The first kappa shape index (κ1) is 13.7. The fourth-order valence-electron chi connectivity index (χ4n) is 1.43. The van der Waals surface area contributed by atoms with Crippen LogP contribution in [0.25, 0.3) is 0 Å². The van der Waals surface area contributed by atoms with Crippen LogP contribution in [0.4, 0.5) is 0 Å². The van der Waals surface area contributed by atoms with Crippen LogP contribution in [0.2, 0.25) is 0 Å². The Bertz CT molecular complexity index is 338. The third-order valence-electron chi connectivity index (χ3n) is 2.58. The van der Waals surface area contributed by atoms with Crippen LogP contribution in [-0.2, 0) is 5.60 Å². The van der Waals surface area contributed by atoms with Crippen LogP contribution in [0.1, 0.15) is 33.3 Å². The Morgan fingerprint density at radius 2 is 1.62 bits per heavy atom. The maximum Gasteiger partial charge on any atom is 0.135 e. The molecule has 0 saturated carbocycles. The molecule has 0 aliphatic rings. The molecule has 0 aliphatic carbocycles. The smallest absolute Gasteiger partial charge is 0.135 e. The Morgan fingerprint density at radius 3 is 2.06 bits per heavy atom. The fourth-order valence-corrected chi connectivity index (χ4v) is 1.70. The minimum Gasteiger partial charge on any atom is -0.380 e. The highest BCUT2D eigenvalue weighted by atomic mass is 79.9. The van der Waals surface area contributed by atoms with Gasteiger partial charge in [-0.05, 0) is 45.4 Å². The number of quaternary nitrogens is 1. The predicted octanol–water partition coefficient (Wildman–Crippen LogP) is 2.02. The molecule has 1 rings (SSSR count). The van der Waals surface area contributed by atoms with E-state index in [4.69, 9.17) is 0 Å². The van der Waals surface area contributed by atoms with E-state index in [1.807, 2.05) is 31.2 Å². The number of rotatable bonds is 3. The average molecular weight is 287 g/mol. The summed E-state index contributed by atoms with van der Waals surface area (Å²) in [6.07, 6.45) is 0. The number of hydrogen-bond donors (Lipinski definition) is 2. The minimum atomic E-state index is -0.784. The molecular formula is C13H21BrNO+. The monoisotopic (exact) mass is 286 g/mol. The molecule has 1 aromatic carbocycles. The van der Waals surface area contributed by atoms with Gasteiger partial charge < -0.3 is 10.4 Å². The van der Waals surface area contributed by atoms with Gasteiger partial charge in [-0.25, -0.2) is 0 Å². The largest absolute Gasteiger partial charge is 0.380 e. The molecule has 0 radical (unpaired) electrons. The molecule has 0 spiro atoms. The maximum atomic E-state index is 10.4. The molecule has 1 atom stereocenters. The van der Waals surface area contributed by atoms with Crippen LogP contribution in [0.15, 0.2) is 28.7 Å². The van der Waals surface area contributed by atoms with E-state index in [1.165, 1.54) is 0 Å². The average Bonchev–Trinajstić information content (AvgIpc) is 2.15. The molecule has 0 saturated heterocycles. The standard InChI is InChI=1S/C13H20BrNO/c1-12(2,3)15-9-13(4,16)10-5-7-11(14)8-6-10/h5-8,15-16H,9H2,1-4H3/p+1/t13-/m0/s1. The lowest BCUT2D eigenvalue weighted by atomic mass is 9.95. The third kappa shape index (κ3) is 4.24. The Hall–Kier alpha value is -0.380. The SMILES string of the molecule is CC(C)(C)[NH2+]C[C@](C)(O)c1ccc(Br)cc1. The van der Waals surface area contributed by atoms with E-state index >= 15 is 0 Å². The van der Waals surface area contributed by atoms with Gasteiger partial charge in [-0.3, -0.25) is 0 Å².